The number of hydrogen-bond acceptors (Lipinski definition) is 2. The highest BCUT2D eigenvalue weighted by molar-refractivity contribution is 4.79. The summed E-state index contributed by atoms with van der Waals surface area (Å²) in [6.45, 7) is 0.00764. The van der Waals surface area contributed by atoms with Crippen molar-refractivity contribution in [2.45, 2.75) is 0 Å². The molecule has 0 saturated carbocycles. The summed E-state index contributed by atoms with van der Waals surface area (Å²) in [5.74, 6) is 0. The Balaban J connectivity index is 3.18. The van der Waals surface area contributed by atoms with Crippen LogP contribution in [0.5, 0.6) is 0 Å². The lowest BCUT2D eigenvalue weighted by molar-refractivity contribution is 0.343. The molecule has 0 aromatic carbocycles. The molecule has 3 N–H and O–H groups in total. The Morgan fingerprint density at radius 3 is 2.67 bits per heavy atom. The average Bonchev–Trinajstić information content (AvgIpc) is 1.61. The van der Waals surface area contributed by atoms with E-state index in [2.05, 4.69) is 5.73 Å². The summed E-state index contributed by atoms with van der Waals surface area (Å²) < 4.78 is 0. The van der Waals surface area contributed by atoms with E-state index in [9.17, 15) is 0 Å². The van der Waals surface area contributed by atoms with Crippen molar-refractivity contribution in [3.05, 3.63) is 18.0 Å². The molecule has 2 nitrogen and oxygen atoms in total. The van der Waals surface area contributed by atoms with Crippen LogP contribution in [0.1, 0.15) is 0 Å². The third-order valence-electron chi connectivity index (χ3n) is 0.305. The van der Waals surface area contributed by atoms with Gasteiger partial charge >= 0.3 is 0 Å². The second-order valence-corrected chi connectivity index (χ2v) is 0.720. The molecule has 0 amide bonds. The zero-order valence-corrected chi connectivity index (χ0v) is 3.39. The molecular weight excluding hydrogens is 78.0 g/mol. The van der Waals surface area contributed by atoms with Gasteiger partial charge in [-0.05, 0) is 6.08 Å². The number of nitrogens with two attached hydrogens (primary N) is 1. The molecule has 0 fully saturated rings. The van der Waals surface area contributed by atoms with E-state index in [1.165, 1.54) is 12.3 Å². The Labute approximate surface area is 36.6 Å². The molecule has 0 aromatic heterocycles. The van der Waals surface area contributed by atoms with E-state index < -0.39 is 0 Å². The van der Waals surface area contributed by atoms with Crippen LogP contribution in [-0.2, 0) is 0 Å². The van der Waals surface area contributed by atoms with Crippen molar-refractivity contribution < 1.29 is 5.11 Å². The summed E-state index contributed by atoms with van der Waals surface area (Å²) in [7, 11) is 0. The topological polar surface area (TPSA) is 46.2 Å². The van der Waals surface area contributed by atoms with Gasteiger partial charge < -0.3 is 10.8 Å². The minimum Gasteiger partial charge on any atom is -0.398 e. The molecule has 0 aromatic rings. The van der Waals surface area contributed by atoms with Crippen molar-refractivity contribution in [2.24, 2.45) is 5.73 Å². The third-order valence-corrected chi connectivity index (χ3v) is 0.305. The van der Waals surface area contributed by atoms with Gasteiger partial charge in [-0.25, -0.2) is 0 Å². The Kier molecular flexibility index (Phi) is 3.77. The van der Waals surface area contributed by atoms with Crippen LogP contribution in [-0.4, -0.2) is 11.7 Å². The Morgan fingerprint density at radius 2 is 2.50 bits per heavy atom. The number of rotatable bonds is 1. The number of aliphatic hydroxyl groups excluding tert-OH is 1. The summed E-state index contributed by atoms with van der Waals surface area (Å²) in [6, 6.07) is 0. The van der Waals surface area contributed by atoms with E-state index in [1.807, 2.05) is 0 Å². The van der Waals surface area contributed by atoms with E-state index in [0.717, 1.165) is 0 Å². The first-order valence-corrected chi connectivity index (χ1v) is 1.64. The Bertz CT molecular complexity index is 71.6. The maximum Gasteiger partial charge on any atom is 0.0686 e. The normalized spacial score (nSPS) is 6.17. The predicted octanol–water partition coefficient (Wildman–Crippen LogP) is -0.394. The van der Waals surface area contributed by atoms with Crippen molar-refractivity contribution >= 4 is 0 Å². The van der Waals surface area contributed by atoms with Gasteiger partial charge in [0.1, 0.15) is 0 Å². The molecule has 0 radical (unpaired) electrons. The van der Waals surface area contributed by atoms with Crippen LogP contribution >= 0.6 is 0 Å². The molecule has 0 spiro atoms. The second-order valence-electron chi connectivity index (χ2n) is 0.720. The Morgan fingerprint density at radius 1 is 1.83 bits per heavy atom. The zero-order valence-electron chi connectivity index (χ0n) is 3.39. The molecule has 0 heterocycles. The van der Waals surface area contributed by atoms with Gasteiger partial charge in [-0.1, -0.05) is 0 Å². The highest BCUT2D eigenvalue weighted by Gasteiger charge is 1.52. The smallest absolute Gasteiger partial charge is 0.0686 e. The molecule has 0 bridgehead atoms. The lowest BCUT2D eigenvalue weighted by Crippen LogP contribution is -1.72. The molecule has 34 valence electrons. The quantitative estimate of drug-likeness (QED) is 0.426. The van der Waals surface area contributed by atoms with Gasteiger partial charge in [-0.2, -0.15) is 0 Å². The van der Waals surface area contributed by atoms with Gasteiger partial charge in [0, 0.05) is 6.20 Å². The summed E-state index contributed by atoms with van der Waals surface area (Å²) in [4.78, 5) is 0. The minimum absolute atomic E-state index is 0.00764. The second kappa shape index (κ2) is 4.28. The van der Waals surface area contributed by atoms with Crippen LogP contribution < -0.4 is 5.73 Å². The molecule has 0 aliphatic carbocycles. The van der Waals surface area contributed by atoms with E-state index in [1.54, 1.807) is 0 Å². The van der Waals surface area contributed by atoms with Crippen molar-refractivity contribution in [1.29, 1.82) is 0 Å². The molecule has 0 aliphatic heterocycles. The van der Waals surface area contributed by atoms with E-state index in [0.29, 0.717) is 0 Å². The van der Waals surface area contributed by atoms with Crippen molar-refractivity contribution in [2.75, 3.05) is 6.61 Å². The van der Waals surface area contributed by atoms with Crippen LogP contribution in [0.15, 0.2) is 18.0 Å². The van der Waals surface area contributed by atoms with Crippen LogP contribution in [0.4, 0.5) is 0 Å². The molecule has 2 heteroatoms. The van der Waals surface area contributed by atoms with Crippen LogP contribution in [0.3, 0.4) is 0 Å². The Hall–Kier alpha value is -0.720. The SMILES string of the molecule is NC=C=CCO. The minimum atomic E-state index is 0.00764. The highest BCUT2D eigenvalue weighted by Crippen LogP contribution is 1.55. The fourth-order valence-electron chi connectivity index (χ4n) is 0.121. The fraction of sp³-hybridized carbons (Fsp3) is 0.250. The van der Waals surface area contributed by atoms with Gasteiger partial charge in [0.15, 0.2) is 0 Å². The molecule has 0 aliphatic rings. The molecule has 0 atom stereocenters. The summed E-state index contributed by atoms with van der Waals surface area (Å²) in [5, 5.41) is 8.00. The first-order valence-electron chi connectivity index (χ1n) is 1.64. The monoisotopic (exact) mass is 85.1 g/mol. The van der Waals surface area contributed by atoms with Crippen molar-refractivity contribution in [1.82, 2.24) is 0 Å². The molecule has 6 heavy (non-hydrogen) atoms. The van der Waals surface area contributed by atoms with Gasteiger partial charge in [-0.3, -0.25) is 0 Å². The van der Waals surface area contributed by atoms with Crippen LogP contribution in [0.25, 0.3) is 0 Å². The van der Waals surface area contributed by atoms with Gasteiger partial charge in [0.2, 0.25) is 0 Å². The maximum absolute atomic E-state index is 8.00. The van der Waals surface area contributed by atoms with Gasteiger partial charge in [-0.15, -0.1) is 5.73 Å². The molecule has 0 unspecified atom stereocenters. The highest BCUT2D eigenvalue weighted by atomic mass is 16.2. The number of hydrogen-bond donors (Lipinski definition) is 2. The molecule has 0 saturated heterocycles. The van der Waals surface area contributed by atoms with Crippen LogP contribution in [0.2, 0.25) is 0 Å². The zero-order chi connectivity index (χ0) is 4.83. The van der Waals surface area contributed by atoms with Gasteiger partial charge in [0.05, 0.1) is 6.61 Å². The standard InChI is InChI=1S/C4H7NO/c5-3-1-2-4-6/h2-3,6H,4-5H2. The fourth-order valence-corrected chi connectivity index (χ4v) is 0.121. The van der Waals surface area contributed by atoms with E-state index in [4.69, 9.17) is 10.8 Å². The average molecular weight is 85.1 g/mol. The van der Waals surface area contributed by atoms with Gasteiger partial charge in [0.25, 0.3) is 0 Å². The summed E-state index contributed by atoms with van der Waals surface area (Å²) in [5.41, 5.74) is 7.31. The first-order chi connectivity index (χ1) is 2.91. The molecular formula is C4H7NO. The summed E-state index contributed by atoms with van der Waals surface area (Å²) >= 11 is 0. The van der Waals surface area contributed by atoms with E-state index >= 15 is 0 Å². The first kappa shape index (κ1) is 5.28. The third kappa shape index (κ3) is 3.28. The lowest BCUT2D eigenvalue weighted by atomic mass is 10.6. The maximum atomic E-state index is 8.00. The lowest BCUT2D eigenvalue weighted by Gasteiger charge is -1.64. The predicted molar refractivity (Wildman–Crippen MR) is 23.9 cm³/mol. The van der Waals surface area contributed by atoms with Crippen molar-refractivity contribution in [3.8, 4) is 0 Å². The van der Waals surface area contributed by atoms with Crippen LogP contribution in [0, 0.1) is 0 Å². The number of aliphatic hydroxyl groups is 1. The largest absolute Gasteiger partial charge is 0.398 e. The van der Waals surface area contributed by atoms with Crippen molar-refractivity contribution in [3.63, 3.8) is 0 Å². The summed E-state index contributed by atoms with van der Waals surface area (Å²) in [6.07, 6.45) is 2.68. The molecule has 0 rings (SSSR count). The van der Waals surface area contributed by atoms with E-state index in [-0.39, 0.29) is 6.61 Å².